The maximum absolute atomic E-state index is 12.7. The lowest BCUT2D eigenvalue weighted by Crippen LogP contribution is -2.14. The lowest BCUT2D eigenvalue weighted by atomic mass is 10.3. The molecule has 1 aromatic rings. The van der Waals surface area contributed by atoms with E-state index in [0.717, 1.165) is 16.4 Å². The highest BCUT2D eigenvalue weighted by atomic mass is 127. The van der Waals surface area contributed by atoms with Crippen molar-refractivity contribution in [1.29, 1.82) is 0 Å². The molecule has 74 valence electrons. The van der Waals surface area contributed by atoms with E-state index in [1.807, 2.05) is 22.6 Å². The van der Waals surface area contributed by atoms with Gasteiger partial charge < -0.3 is 5.32 Å². The fourth-order valence-electron chi connectivity index (χ4n) is 1.17. The van der Waals surface area contributed by atoms with E-state index >= 15 is 0 Å². The number of carbonyl (C=O) groups is 1. The number of amides is 1. The van der Waals surface area contributed by atoms with Crippen LogP contribution >= 0.6 is 22.6 Å². The van der Waals surface area contributed by atoms with Gasteiger partial charge in [-0.05, 0) is 53.6 Å². The molecule has 2 rings (SSSR count). The summed E-state index contributed by atoms with van der Waals surface area (Å²) in [7, 11) is 0. The molecule has 0 unspecified atom stereocenters. The van der Waals surface area contributed by atoms with Crippen molar-refractivity contribution in [3.8, 4) is 0 Å². The van der Waals surface area contributed by atoms with Crippen molar-refractivity contribution in [2.24, 2.45) is 5.92 Å². The smallest absolute Gasteiger partial charge is 0.227 e. The molecule has 2 nitrogen and oxygen atoms in total. The number of benzene rings is 1. The van der Waals surface area contributed by atoms with Crippen molar-refractivity contribution >= 4 is 34.2 Å². The average Bonchev–Trinajstić information content (AvgIpc) is 2.92. The largest absolute Gasteiger partial charge is 0.325 e. The Kier molecular flexibility index (Phi) is 2.71. The van der Waals surface area contributed by atoms with Crippen molar-refractivity contribution in [2.75, 3.05) is 5.32 Å². The number of carbonyl (C=O) groups excluding carboxylic acids is 1. The van der Waals surface area contributed by atoms with E-state index in [9.17, 15) is 9.18 Å². The van der Waals surface area contributed by atoms with Crippen molar-refractivity contribution in [3.05, 3.63) is 27.6 Å². The van der Waals surface area contributed by atoms with E-state index in [-0.39, 0.29) is 17.6 Å². The average molecular weight is 305 g/mol. The third-order valence-electron chi connectivity index (χ3n) is 2.14. The van der Waals surface area contributed by atoms with E-state index in [0.29, 0.717) is 5.69 Å². The molecule has 0 spiro atoms. The molecule has 0 heterocycles. The van der Waals surface area contributed by atoms with Crippen LogP contribution < -0.4 is 5.32 Å². The van der Waals surface area contributed by atoms with Gasteiger partial charge in [-0.15, -0.1) is 0 Å². The van der Waals surface area contributed by atoms with Gasteiger partial charge in [-0.3, -0.25) is 4.79 Å². The van der Waals surface area contributed by atoms with Crippen LogP contribution in [-0.4, -0.2) is 5.91 Å². The van der Waals surface area contributed by atoms with Gasteiger partial charge in [0.1, 0.15) is 5.82 Å². The molecule has 1 aromatic carbocycles. The molecular weight excluding hydrogens is 296 g/mol. The summed E-state index contributed by atoms with van der Waals surface area (Å²) < 4.78 is 13.5. The van der Waals surface area contributed by atoms with Crippen LogP contribution in [0.5, 0.6) is 0 Å². The summed E-state index contributed by atoms with van der Waals surface area (Å²) >= 11 is 2.01. The van der Waals surface area contributed by atoms with Gasteiger partial charge in [0, 0.05) is 9.49 Å². The van der Waals surface area contributed by atoms with Crippen molar-refractivity contribution in [2.45, 2.75) is 12.8 Å². The highest BCUT2D eigenvalue weighted by Crippen LogP contribution is 2.31. The predicted octanol–water partition coefficient (Wildman–Crippen LogP) is 2.78. The Labute approximate surface area is 95.0 Å². The van der Waals surface area contributed by atoms with Gasteiger partial charge in [0.2, 0.25) is 5.91 Å². The van der Waals surface area contributed by atoms with Crippen LogP contribution in [0.15, 0.2) is 18.2 Å². The summed E-state index contributed by atoms with van der Waals surface area (Å²) in [5, 5.41) is 2.79. The highest BCUT2D eigenvalue weighted by molar-refractivity contribution is 14.1. The number of halogens is 2. The van der Waals surface area contributed by atoms with Crippen molar-refractivity contribution < 1.29 is 9.18 Å². The molecule has 0 atom stereocenters. The molecule has 0 saturated heterocycles. The molecule has 1 amide bonds. The van der Waals surface area contributed by atoms with E-state index in [4.69, 9.17) is 0 Å². The molecule has 1 N–H and O–H groups in total. The molecule has 0 radical (unpaired) electrons. The first-order chi connectivity index (χ1) is 6.66. The van der Waals surface area contributed by atoms with Crippen LogP contribution in [0.25, 0.3) is 0 Å². The second kappa shape index (κ2) is 3.84. The summed E-state index contributed by atoms with van der Waals surface area (Å²) in [6.45, 7) is 0. The number of hydrogen-bond donors (Lipinski definition) is 1. The van der Waals surface area contributed by atoms with Crippen LogP contribution in [0.2, 0.25) is 0 Å². The maximum Gasteiger partial charge on any atom is 0.227 e. The van der Waals surface area contributed by atoms with Crippen molar-refractivity contribution in [3.63, 3.8) is 0 Å². The first kappa shape index (κ1) is 9.89. The fraction of sp³-hybridized carbons (Fsp3) is 0.300. The van der Waals surface area contributed by atoms with Crippen LogP contribution in [0.3, 0.4) is 0 Å². The standard InChI is InChI=1S/C10H9FINO/c11-7-3-4-9(8(12)5-7)13-10(14)6-1-2-6/h3-6H,1-2H2,(H,13,14). The van der Waals surface area contributed by atoms with Gasteiger partial charge in [0.25, 0.3) is 0 Å². The zero-order chi connectivity index (χ0) is 10.1. The fourth-order valence-corrected chi connectivity index (χ4v) is 1.78. The summed E-state index contributed by atoms with van der Waals surface area (Å²) in [6.07, 6.45) is 1.95. The molecule has 0 aliphatic heterocycles. The first-order valence-electron chi connectivity index (χ1n) is 4.43. The number of anilines is 1. The van der Waals surface area contributed by atoms with Crippen LogP contribution in [-0.2, 0) is 4.79 Å². The molecule has 4 heteroatoms. The Morgan fingerprint density at radius 3 is 2.79 bits per heavy atom. The normalized spacial score (nSPS) is 15.3. The monoisotopic (exact) mass is 305 g/mol. The minimum absolute atomic E-state index is 0.0505. The van der Waals surface area contributed by atoms with Gasteiger partial charge in [-0.2, -0.15) is 0 Å². The Morgan fingerprint density at radius 1 is 1.50 bits per heavy atom. The molecule has 1 saturated carbocycles. The van der Waals surface area contributed by atoms with Gasteiger partial charge in [0.15, 0.2) is 0 Å². The van der Waals surface area contributed by atoms with E-state index in [1.165, 1.54) is 12.1 Å². The first-order valence-corrected chi connectivity index (χ1v) is 5.50. The Balaban J connectivity index is 2.11. The second-order valence-corrected chi connectivity index (χ2v) is 4.55. The minimum atomic E-state index is -0.279. The highest BCUT2D eigenvalue weighted by Gasteiger charge is 2.29. The summed E-state index contributed by atoms with van der Waals surface area (Å²) in [4.78, 5) is 11.4. The Hall–Kier alpha value is -0.650. The van der Waals surface area contributed by atoms with E-state index in [2.05, 4.69) is 5.32 Å². The predicted molar refractivity (Wildman–Crippen MR) is 60.5 cm³/mol. The second-order valence-electron chi connectivity index (χ2n) is 3.39. The van der Waals surface area contributed by atoms with Gasteiger partial charge >= 0.3 is 0 Å². The van der Waals surface area contributed by atoms with Crippen LogP contribution in [0.4, 0.5) is 10.1 Å². The molecule has 1 aliphatic carbocycles. The molecular formula is C10H9FINO. The minimum Gasteiger partial charge on any atom is -0.325 e. The summed E-state index contributed by atoms with van der Waals surface area (Å²) in [5.41, 5.74) is 0.698. The quantitative estimate of drug-likeness (QED) is 0.837. The molecule has 1 fully saturated rings. The molecule has 14 heavy (non-hydrogen) atoms. The third kappa shape index (κ3) is 2.23. The van der Waals surface area contributed by atoms with Gasteiger partial charge in [-0.1, -0.05) is 0 Å². The lowest BCUT2D eigenvalue weighted by Gasteiger charge is -2.06. The third-order valence-corrected chi connectivity index (χ3v) is 3.03. The Morgan fingerprint density at radius 2 is 2.21 bits per heavy atom. The zero-order valence-corrected chi connectivity index (χ0v) is 9.55. The van der Waals surface area contributed by atoms with Gasteiger partial charge in [-0.25, -0.2) is 4.39 Å². The molecule has 0 bridgehead atoms. The van der Waals surface area contributed by atoms with Gasteiger partial charge in [0.05, 0.1) is 5.69 Å². The SMILES string of the molecule is O=C(Nc1ccc(F)cc1I)C1CC1. The maximum atomic E-state index is 12.7. The van der Waals surface area contributed by atoms with E-state index < -0.39 is 0 Å². The van der Waals surface area contributed by atoms with Crippen LogP contribution in [0, 0.1) is 15.3 Å². The Bertz CT molecular complexity index is 376. The summed E-state index contributed by atoms with van der Waals surface area (Å²) in [5.74, 6) is -0.0517. The topological polar surface area (TPSA) is 29.1 Å². The van der Waals surface area contributed by atoms with Crippen LogP contribution in [0.1, 0.15) is 12.8 Å². The van der Waals surface area contributed by atoms with E-state index in [1.54, 1.807) is 6.07 Å². The summed E-state index contributed by atoms with van der Waals surface area (Å²) in [6, 6.07) is 4.35. The number of nitrogens with one attached hydrogen (secondary N) is 1. The number of hydrogen-bond acceptors (Lipinski definition) is 1. The molecule has 0 aromatic heterocycles. The molecule has 1 aliphatic rings. The zero-order valence-electron chi connectivity index (χ0n) is 7.39. The van der Waals surface area contributed by atoms with Crippen molar-refractivity contribution in [1.82, 2.24) is 0 Å². The number of rotatable bonds is 2. The lowest BCUT2D eigenvalue weighted by molar-refractivity contribution is -0.117.